The first-order chi connectivity index (χ1) is 8.08. The lowest BCUT2D eigenvalue weighted by molar-refractivity contribution is 0.190. The van der Waals surface area contributed by atoms with Gasteiger partial charge < -0.3 is 10.5 Å². The Morgan fingerprint density at radius 2 is 2.06 bits per heavy atom. The number of hydrogen-bond acceptors (Lipinski definition) is 2. The van der Waals surface area contributed by atoms with E-state index in [1.807, 2.05) is 0 Å². The summed E-state index contributed by atoms with van der Waals surface area (Å²) in [7, 11) is 0. The fourth-order valence-corrected chi connectivity index (χ4v) is 2.37. The molecule has 1 fully saturated rings. The van der Waals surface area contributed by atoms with E-state index in [1.54, 1.807) is 0 Å². The molecule has 2 atom stereocenters. The number of nitrogens with two attached hydrogens (primary N) is 1. The van der Waals surface area contributed by atoms with Crippen LogP contribution in [0.3, 0.4) is 0 Å². The lowest BCUT2D eigenvalue weighted by Crippen LogP contribution is -2.33. The third-order valence-electron chi connectivity index (χ3n) is 3.66. The fourth-order valence-electron chi connectivity index (χ4n) is 2.37. The molecule has 1 aliphatic rings. The van der Waals surface area contributed by atoms with Crippen molar-refractivity contribution in [2.45, 2.75) is 58.1 Å². The number of ether oxygens (including phenoxy) is 1. The van der Waals surface area contributed by atoms with Gasteiger partial charge in [-0.1, -0.05) is 26.0 Å². The van der Waals surface area contributed by atoms with Gasteiger partial charge in [-0.05, 0) is 49.3 Å². The first-order valence-electron chi connectivity index (χ1n) is 6.60. The van der Waals surface area contributed by atoms with Crippen LogP contribution in [-0.2, 0) is 0 Å². The van der Waals surface area contributed by atoms with Gasteiger partial charge in [-0.3, -0.25) is 0 Å². The largest absolute Gasteiger partial charge is 0.489 e. The maximum absolute atomic E-state index is 6.08. The van der Waals surface area contributed by atoms with Crippen molar-refractivity contribution in [2.75, 3.05) is 0 Å². The molecule has 0 saturated heterocycles. The van der Waals surface area contributed by atoms with Crippen LogP contribution in [0.25, 0.3) is 0 Å². The molecular weight excluding hydrogens is 210 g/mol. The van der Waals surface area contributed by atoms with Gasteiger partial charge in [-0.15, -0.1) is 0 Å². The quantitative estimate of drug-likeness (QED) is 0.868. The lowest BCUT2D eigenvalue weighted by atomic mass is 10.0. The zero-order chi connectivity index (χ0) is 12.4. The van der Waals surface area contributed by atoms with Gasteiger partial charge in [0.15, 0.2) is 0 Å². The number of hydrogen-bond donors (Lipinski definition) is 1. The molecule has 2 nitrogen and oxygen atoms in total. The molecule has 0 heterocycles. The summed E-state index contributed by atoms with van der Waals surface area (Å²) >= 11 is 0. The zero-order valence-corrected chi connectivity index (χ0v) is 11.1. The summed E-state index contributed by atoms with van der Waals surface area (Å²) in [6, 6.07) is 6.70. The Balaban J connectivity index is 2.16. The number of benzene rings is 1. The summed E-state index contributed by atoms with van der Waals surface area (Å²) in [4.78, 5) is 0. The van der Waals surface area contributed by atoms with Crippen LogP contribution in [0, 0.1) is 6.92 Å². The summed E-state index contributed by atoms with van der Waals surface area (Å²) in [6.45, 7) is 6.51. The Kier molecular flexibility index (Phi) is 3.72. The maximum Gasteiger partial charge on any atom is 0.122 e. The molecule has 0 amide bonds. The van der Waals surface area contributed by atoms with E-state index in [0.29, 0.717) is 5.92 Å². The lowest BCUT2D eigenvalue weighted by Gasteiger charge is -2.20. The summed E-state index contributed by atoms with van der Waals surface area (Å²) in [5.74, 6) is 1.55. The second kappa shape index (κ2) is 5.09. The highest BCUT2D eigenvalue weighted by molar-refractivity contribution is 5.38. The standard InChI is InChI=1S/C15H23NO/c1-10(2)12-8-7-11(3)15(9-12)17-14-6-4-5-13(14)16/h7-10,13-14H,4-6,16H2,1-3H3. The zero-order valence-electron chi connectivity index (χ0n) is 11.1. The van der Waals surface area contributed by atoms with Crippen LogP contribution < -0.4 is 10.5 Å². The first-order valence-corrected chi connectivity index (χ1v) is 6.60. The SMILES string of the molecule is Cc1ccc(C(C)C)cc1OC1CCCC1N. The Bertz CT molecular complexity index is 387. The van der Waals surface area contributed by atoms with Crippen molar-refractivity contribution in [3.05, 3.63) is 29.3 Å². The maximum atomic E-state index is 6.08. The molecule has 2 unspecified atom stereocenters. The van der Waals surface area contributed by atoms with Gasteiger partial charge in [-0.2, -0.15) is 0 Å². The van der Waals surface area contributed by atoms with Crippen LogP contribution in [0.4, 0.5) is 0 Å². The topological polar surface area (TPSA) is 35.2 Å². The Morgan fingerprint density at radius 3 is 2.65 bits per heavy atom. The smallest absolute Gasteiger partial charge is 0.122 e. The molecule has 0 aliphatic heterocycles. The van der Waals surface area contributed by atoms with E-state index in [-0.39, 0.29) is 12.1 Å². The van der Waals surface area contributed by atoms with Gasteiger partial charge in [0.25, 0.3) is 0 Å². The van der Waals surface area contributed by atoms with Crippen LogP contribution in [0.15, 0.2) is 18.2 Å². The van der Waals surface area contributed by atoms with Gasteiger partial charge in [0.2, 0.25) is 0 Å². The predicted octanol–water partition coefficient (Wildman–Crippen LogP) is 3.38. The molecule has 0 spiro atoms. The average molecular weight is 233 g/mol. The Labute approximate surface area is 104 Å². The minimum Gasteiger partial charge on any atom is -0.489 e. The second-order valence-electron chi connectivity index (χ2n) is 5.43. The van der Waals surface area contributed by atoms with Gasteiger partial charge in [-0.25, -0.2) is 0 Å². The molecule has 0 bridgehead atoms. The van der Waals surface area contributed by atoms with E-state index >= 15 is 0 Å². The van der Waals surface area contributed by atoms with Crippen LogP contribution in [0.1, 0.15) is 50.2 Å². The minimum atomic E-state index is 0.205. The molecule has 1 aliphatic carbocycles. The first kappa shape index (κ1) is 12.4. The highest BCUT2D eigenvalue weighted by Crippen LogP contribution is 2.28. The van der Waals surface area contributed by atoms with E-state index in [1.165, 1.54) is 17.5 Å². The molecule has 94 valence electrons. The summed E-state index contributed by atoms with van der Waals surface area (Å²) < 4.78 is 6.08. The number of rotatable bonds is 3. The van der Waals surface area contributed by atoms with Crippen molar-refractivity contribution in [2.24, 2.45) is 5.73 Å². The van der Waals surface area contributed by atoms with E-state index < -0.39 is 0 Å². The molecule has 1 aromatic rings. The Hall–Kier alpha value is -1.02. The summed E-state index contributed by atoms with van der Waals surface area (Å²) in [5, 5.41) is 0. The van der Waals surface area contributed by atoms with E-state index in [4.69, 9.17) is 10.5 Å². The highest BCUT2D eigenvalue weighted by atomic mass is 16.5. The van der Waals surface area contributed by atoms with Gasteiger partial charge in [0, 0.05) is 6.04 Å². The van der Waals surface area contributed by atoms with Crippen LogP contribution in [0.2, 0.25) is 0 Å². The molecule has 2 N–H and O–H groups in total. The highest BCUT2D eigenvalue weighted by Gasteiger charge is 2.26. The number of aryl methyl sites for hydroxylation is 1. The molecule has 1 saturated carbocycles. The monoisotopic (exact) mass is 233 g/mol. The average Bonchev–Trinajstić information content (AvgIpc) is 2.67. The van der Waals surface area contributed by atoms with Gasteiger partial charge in [0.05, 0.1) is 0 Å². The van der Waals surface area contributed by atoms with Crippen molar-refractivity contribution in [1.29, 1.82) is 0 Å². The molecule has 2 heteroatoms. The van der Waals surface area contributed by atoms with Crippen molar-refractivity contribution in [1.82, 2.24) is 0 Å². The summed E-state index contributed by atoms with van der Waals surface area (Å²) in [6.07, 6.45) is 3.57. The van der Waals surface area contributed by atoms with Crippen molar-refractivity contribution in [3.8, 4) is 5.75 Å². The van der Waals surface area contributed by atoms with Crippen LogP contribution in [0.5, 0.6) is 5.75 Å². The van der Waals surface area contributed by atoms with Crippen molar-refractivity contribution >= 4 is 0 Å². The second-order valence-corrected chi connectivity index (χ2v) is 5.43. The van der Waals surface area contributed by atoms with E-state index in [2.05, 4.69) is 39.0 Å². The minimum absolute atomic E-state index is 0.205. The predicted molar refractivity (Wildman–Crippen MR) is 71.5 cm³/mol. The molecule has 0 aromatic heterocycles. The van der Waals surface area contributed by atoms with Gasteiger partial charge in [0.1, 0.15) is 11.9 Å². The van der Waals surface area contributed by atoms with Gasteiger partial charge >= 0.3 is 0 Å². The van der Waals surface area contributed by atoms with E-state index in [9.17, 15) is 0 Å². The van der Waals surface area contributed by atoms with E-state index in [0.717, 1.165) is 18.6 Å². The molecular formula is C15H23NO. The summed E-state index contributed by atoms with van der Waals surface area (Å²) in [5.41, 5.74) is 8.58. The Morgan fingerprint density at radius 1 is 1.29 bits per heavy atom. The molecule has 1 aromatic carbocycles. The third-order valence-corrected chi connectivity index (χ3v) is 3.66. The molecule has 2 rings (SSSR count). The molecule has 0 radical (unpaired) electrons. The van der Waals surface area contributed by atoms with Crippen LogP contribution in [-0.4, -0.2) is 12.1 Å². The van der Waals surface area contributed by atoms with Crippen molar-refractivity contribution < 1.29 is 4.74 Å². The fraction of sp³-hybridized carbons (Fsp3) is 0.600. The normalized spacial score (nSPS) is 24.3. The third kappa shape index (κ3) is 2.81. The van der Waals surface area contributed by atoms with Crippen molar-refractivity contribution in [3.63, 3.8) is 0 Å². The molecule has 17 heavy (non-hydrogen) atoms. The van der Waals surface area contributed by atoms with Crippen LogP contribution >= 0.6 is 0 Å².